The fraction of sp³-hybridized carbons (Fsp3) is 0.600. The summed E-state index contributed by atoms with van der Waals surface area (Å²) < 4.78 is 0. The number of likely N-dealkylation sites (tertiary alicyclic amines) is 2. The van der Waals surface area contributed by atoms with Crippen molar-refractivity contribution in [2.75, 3.05) is 39.3 Å². The van der Waals surface area contributed by atoms with Gasteiger partial charge in [0.25, 0.3) is 0 Å². The van der Waals surface area contributed by atoms with Crippen molar-refractivity contribution in [3.05, 3.63) is 35.9 Å². The Morgan fingerprint density at radius 2 is 1.69 bits per heavy atom. The third-order valence-corrected chi connectivity index (χ3v) is 6.02. The molecule has 5 nitrogen and oxygen atoms in total. The van der Waals surface area contributed by atoms with Gasteiger partial charge in [0, 0.05) is 39.3 Å². The van der Waals surface area contributed by atoms with Crippen molar-refractivity contribution >= 4 is 24.2 Å². The highest BCUT2D eigenvalue weighted by Crippen LogP contribution is 2.29. The number of rotatable bonds is 3. The summed E-state index contributed by atoms with van der Waals surface area (Å²) in [6.45, 7) is 5.25. The van der Waals surface area contributed by atoms with Gasteiger partial charge in [0.2, 0.25) is 11.8 Å². The topological polar surface area (TPSA) is 52.7 Å². The van der Waals surface area contributed by atoms with Crippen LogP contribution in [0.4, 0.5) is 0 Å². The Labute approximate surface area is 161 Å². The molecule has 3 aliphatic rings. The van der Waals surface area contributed by atoms with Crippen LogP contribution in [0.3, 0.4) is 0 Å². The van der Waals surface area contributed by atoms with E-state index in [1.807, 2.05) is 35.2 Å². The number of carbonyl (C=O) groups is 2. The minimum absolute atomic E-state index is 0. The summed E-state index contributed by atoms with van der Waals surface area (Å²) >= 11 is 0. The van der Waals surface area contributed by atoms with Crippen LogP contribution in [0.15, 0.2) is 30.3 Å². The molecule has 1 unspecified atom stereocenters. The first-order valence-electron chi connectivity index (χ1n) is 9.52. The lowest BCUT2D eigenvalue weighted by molar-refractivity contribution is -0.140. The highest BCUT2D eigenvalue weighted by atomic mass is 35.5. The standard InChI is InChI=1S/C20H27N3O2.ClH/c24-19(9-15-5-2-1-3-6-15)22-8-4-7-16(12-22)20(25)23-13-17-10-21-11-18(17)14-23;/h1-3,5-6,16-18,21H,4,7-14H2;1H/t16?,17-,18+;. The average molecular weight is 378 g/mol. The number of hydrogen-bond acceptors (Lipinski definition) is 3. The second kappa shape index (κ2) is 8.40. The van der Waals surface area contributed by atoms with Crippen molar-refractivity contribution in [2.45, 2.75) is 19.3 Å². The van der Waals surface area contributed by atoms with Gasteiger partial charge in [0.05, 0.1) is 12.3 Å². The lowest BCUT2D eigenvalue weighted by Crippen LogP contribution is -2.47. The number of piperidine rings is 1. The van der Waals surface area contributed by atoms with Gasteiger partial charge in [-0.05, 0) is 30.2 Å². The quantitative estimate of drug-likeness (QED) is 0.869. The monoisotopic (exact) mass is 377 g/mol. The molecule has 0 aliphatic carbocycles. The fourth-order valence-corrected chi connectivity index (χ4v) is 4.58. The highest BCUT2D eigenvalue weighted by Gasteiger charge is 2.40. The third kappa shape index (κ3) is 4.04. The number of halogens is 1. The van der Waals surface area contributed by atoms with Gasteiger partial charge in [-0.15, -0.1) is 12.4 Å². The third-order valence-electron chi connectivity index (χ3n) is 6.02. The van der Waals surface area contributed by atoms with Gasteiger partial charge < -0.3 is 15.1 Å². The van der Waals surface area contributed by atoms with E-state index in [-0.39, 0.29) is 30.1 Å². The molecule has 3 fully saturated rings. The molecule has 0 saturated carbocycles. The molecule has 3 atom stereocenters. The van der Waals surface area contributed by atoms with E-state index in [2.05, 4.69) is 10.2 Å². The molecule has 0 radical (unpaired) electrons. The van der Waals surface area contributed by atoms with Crippen molar-refractivity contribution in [1.82, 2.24) is 15.1 Å². The maximum atomic E-state index is 12.9. The van der Waals surface area contributed by atoms with Crippen LogP contribution in [0.25, 0.3) is 0 Å². The van der Waals surface area contributed by atoms with Crippen LogP contribution in [0.5, 0.6) is 0 Å². The van der Waals surface area contributed by atoms with Gasteiger partial charge in [-0.3, -0.25) is 9.59 Å². The molecule has 2 amide bonds. The molecule has 1 aromatic rings. The first-order valence-corrected chi connectivity index (χ1v) is 9.52. The van der Waals surface area contributed by atoms with Crippen molar-refractivity contribution in [3.8, 4) is 0 Å². The molecule has 26 heavy (non-hydrogen) atoms. The summed E-state index contributed by atoms with van der Waals surface area (Å²) in [7, 11) is 0. The van der Waals surface area contributed by atoms with E-state index in [1.54, 1.807) is 0 Å². The number of nitrogens with one attached hydrogen (secondary N) is 1. The molecular weight excluding hydrogens is 350 g/mol. The van der Waals surface area contributed by atoms with Gasteiger partial charge in [-0.2, -0.15) is 0 Å². The lowest BCUT2D eigenvalue weighted by Gasteiger charge is -2.34. The number of hydrogen-bond donors (Lipinski definition) is 1. The second-order valence-electron chi connectivity index (χ2n) is 7.76. The lowest BCUT2D eigenvalue weighted by atomic mass is 9.96. The summed E-state index contributed by atoms with van der Waals surface area (Å²) in [5, 5.41) is 3.42. The van der Waals surface area contributed by atoms with Crippen LogP contribution in [0.2, 0.25) is 0 Å². The second-order valence-corrected chi connectivity index (χ2v) is 7.76. The average Bonchev–Trinajstić information content (AvgIpc) is 3.24. The summed E-state index contributed by atoms with van der Waals surface area (Å²) in [6, 6.07) is 9.86. The van der Waals surface area contributed by atoms with E-state index >= 15 is 0 Å². The zero-order valence-corrected chi connectivity index (χ0v) is 15.9. The highest BCUT2D eigenvalue weighted by molar-refractivity contribution is 5.85. The zero-order chi connectivity index (χ0) is 17.2. The number of nitrogens with zero attached hydrogens (tertiary/aromatic N) is 2. The maximum absolute atomic E-state index is 12.9. The summed E-state index contributed by atoms with van der Waals surface area (Å²) in [4.78, 5) is 29.5. The summed E-state index contributed by atoms with van der Waals surface area (Å²) in [5.41, 5.74) is 1.04. The molecule has 0 aromatic heterocycles. The largest absolute Gasteiger partial charge is 0.342 e. The first-order chi connectivity index (χ1) is 12.2. The Kier molecular flexibility index (Phi) is 6.20. The molecule has 3 saturated heterocycles. The minimum Gasteiger partial charge on any atom is -0.342 e. The van der Waals surface area contributed by atoms with Crippen molar-refractivity contribution in [3.63, 3.8) is 0 Å². The Bertz CT molecular complexity index is 627. The van der Waals surface area contributed by atoms with Crippen molar-refractivity contribution < 1.29 is 9.59 Å². The maximum Gasteiger partial charge on any atom is 0.227 e. The smallest absolute Gasteiger partial charge is 0.227 e. The summed E-state index contributed by atoms with van der Waals surface area (Å²) in [6.07, 6.45) is 2.28. The predicted octanol–water partition coefficient (Wildman–Crippen LogP) is 1.57. The summed E-state index contributed by atoms with van der Waals surface area (Å²) in [5.74, 6) is 1.66. The van der Waals surface area contributed by atoms with E-state index in [1.165, 1.54) is 0 Å². The SMILES string of the molecule is Cl.O=C(Cc1ccccc1)N1CCCC(C(=O)N2C[C@H]3CNC[C@H]3C2)C1. The fourth-order valence-electron chi connectivity index (χ4n) is 4.58. The molecule has 142 valence electrons. The molecule has 3 aliphatic heterocycles. The normalized spacial score (nSPS) is 27.8. The molecule has 3 heterocycles. The minimum atomic E-state index is -0.0136. The Balaban J connectivity index is 0.00000196. The Morgan fingerprint density at radius 3 is 2.38 bits per heavy atom. The Morgan fingerprint density at radius 1 is 1.00 bits per heavy atom. The van der Waals surface area contributed by atoms with Gasteiger partial charge >= 0.3 is 0 Å². The van der Waals surface area contributed by atoms with Crippen LogP contribution in [-0.2, 0) is 16.0 Å². The van der Waals surface area contributed by atoms with Gasteiger partial charge in [-0.25, -0.2) is 0 Å². The van der Waals surface area contributed by atoms with E-state index in [9.17, 15) is 9.59 Å². The van der Waals surface area contributed by atoms with Crippen molar-refractivity contribution in [2.24, 2.45) is 17.8 Å². The molecule has 4 rings (SSSR count). The molecular formula is C20H28ClN3O2. The van der Waals surface area contributed by atoms with Crippen LogP contribution in [0.1, 0.15) is 18.4 Å². The van der Waals surface area contributed by atoms with Crippen LogP contribution in [0, 0.1) is 17.8 Å². The molecule has 1 N–H and O–H groups in total. The van der Waals surface area contributed by atoms with Crippen LogP contribution < -0.4 is 5.32 Å². The number of amides is 2. The number of carbonyl (C=O) groups excluding carboxylic acids is 2. The molecule has 1 aromatic carbocycles. The number of fused-ring (bicyclic) bond motifs is 1. The van der Waals surface area contributed by atoms with Gasteiger partial charge in [-0.1, -0.05) is 30.3 Å². The van der Waals surface area contributed by atoms with E-state index in [4.69, 9.17) is 0 Å². The Hall–Kier alpha value is -1.59. The molecule has 0 spiro atoms. The molecule has 6 heteroatoms. The zero-order valence-electron chi connectivity index (χ0n) is 15.1. The predicted molar refractivity (Wildman–Crippen MR) is 103 cm³/mol. The van der Waals surface area contributed by atoms with Crippen LogP contribution >= 0.6 is 12.4 Å². The van der Waals surface area contributed by atoms with E-state index in [0.29, 0.717) is 24.8 Å². The van der Waals surface area contributed by atoms with Gasteiger partial charge in [0.15, 0.2) is 0 Å². The number of benzene rings is 1. The van der Waals surface area contributed by atoms with E-state index < -0.39 is 0 Å². The van der Waals surface area contributed by atoms with Crippen molar-refractivity contribution in [1.29, 1.82) is 0 Å². The first kappa shape index (κ1) is 19.2. The van der Waals surface area contributed by atoms with E-state index in [0.717, 1.165) is 51.1 Å². The molecule has 0 bridgehead atoms. The van der Waals surface area contributed by atoms with Crippen LogP contribution in [-0.4, -0.2) is 60.9 Å². The van der Waals surface area contributed by atoms with Gasteiger partial charge in [0.1, 0.15) is 0 Å².